The largest absolute Gasteiger partial charge is 0.480 e. The lowest BCUT2D eigenvalue weighted by Crippen LogP contribution is -2.28. The number of carboxylic acid groups (broad SMARTS) is 1. The molecule has 0 aliphatic rings. The van der Waals surface area contributed by atoms with Crippen LogP contribution in [0.5, 0.6) is 11.5 Å². The Bertz CT molecular complexity index is 1560. The molecule has 0 atom stereocenters. The monoisotopic (exact) mass is 569 g/mol. The zero-order valence-electron chi connectivity index (χ0n) is 21.2. The third-order valence-electron chi connectivity index (χ3n) is 5.48. The predicted octanol–water partition coefficient (Wildman–Crippen LogP) is 5.11. The summed E-state index contributed by atoms with van der Waals surface area (Å²) >= 11 is 1.16. The number of rotatable bonds is 11. The van der Waals surface area contributed by atoms with Crippen molar-refractivity contribution in [1.29, 1.82) is 0 Å². The fraction of sp³-hybridized carbons (Fsp3) is 0.185. The molecular formula is C27H25F2N5O5S. The van der Waals surface area contributed by atoms with Crippen LogP contribution in [0.25, 0.3) is 10.2 Å². The Balaban J connectivity index is 1.38. The number of pyridine rings is 1. The normalized spacial score (nSPS) is 10.8. The number of benzene rings is 2. The van der Waals surface area contributed by atoms with Crippen LogP contribution in [0.1, 0.15) is 21.7 Å². The number of amides is 3. The van der Waals surface area contributed by atoms with Crippen molar-refractivity contribution in [3.05, 3.63) is 76.8 Å². The lowest BCUT2D eigenvalue weighted by molar-refractivity contribution is -0.135. The molecule has 40 heavy (non-hydrogen) atoms. The molecule has 0 aliphatic carbocycles. The van der Waals surface area contributed by atoms with Crippen LogP contribution < -0.4 is 26.0 Å². The standard InChI is InChI=1S/C27H25F2N5O5S/c1-15-3-5-17(28)20(11-15)34-27(38)33-19-6-4-16(12-18(19)29)39-22-7-10-31-21-13-23(40-25(21)22)26(37)32-9-2-8-30-14-24(35)36/h3-7,10-13,30H,2,8-9,14H2,1H3,(H,32,37)(H,35,36)(H2,33,34,38). The first-order chi connectivity index (χ1) is 19.2. The molecule has 10 nitrogen and oxygen atoms in total. The van der Waals surface area contributed by atoms with Gasteiger partial charge in [0.05, 0.1) is 33.0 Å². The van der Waals surface area contributed by atoms with E-state index in [0.717, 1.165) is 23.0 Å². The van der Waals surface area contributed by atoms with Gasteiger partial charge < -0.3 is 31.1 Å². The number of hydrogen-bond donors (Lipinski definition) is 5. The summed E-state index contributed by atoms with van der Waals surface area (Å²) in [6, 6.07) is 10.5. The third kappa shape index (κ3) is 7.48. The highest BCUT2D eigenvalue weighted by molar-refractivity contribution is 7.21. The Morgan fingerprint density at radius 2 is 1.77 bits per heavy atom. The number of aliphatic carboxylic acids is 1. The van der Waals surface area contributed by atoms with E-state index in [1.54, 1.807) is 25.1 Å². The van der Waals surface area contributed by atoms with Gasteiger partial charge in [-0.15, -0.1) is 11.3 Å². The van der Waals surface area contributed by atoms with Crippen LogP contribution in [0.2, 0.25) is 0 Å². The zero-order chi connectivity index (χ0) is 28.6. The molecule has 13 heteroatoms. The van der Waals surface area contributed by atoms with Gasteiger partial charge in [0, 0.05) is 24.9 Å². The van der Waals surface area contributed by atoms with Crippen LogP contribution in [0, 0.1) is 18.6 Å². The summed E-state index contributed by atoms with van der Waals surface area (Å²) in [4.78, 5) is 40.0. The van der Waals surface area contributed by atoms with Crippen molar-refractivity contribution in [3.8, 4) is 11.5 Å². The van der Waals surface area contributed by atoms with Gasteiger partial charge in [0.2, 0.25) is 0 Å². The molecule has 0 radical (unpaired) electrons. The van der Waals surface area contributed by atoms with Crippen LogP contribution >= 0.6 is 11.3 Å². The molecule has 0 fully saturated rings. The molecule has 2 aromatic carbocycles. The van der Waals surface area contributed by atoms with Crippen molar-refractivity contribution in [2.45, 2.75) is 13.3 Å². The molecular weight excluding hydrogens is 544 g/mol. The van der Waals surface area contributed by atoms with Crippen LogP contribution in [-0.2, 0) is 4.79 Å². The van der Waals surface area contributed by atoms with Gasteiger partial charge in [-0.25, -0.2) is 13.6 Å². The van der Waals surface area contributed by atoms with E-state index in [0.29, 0.717) is 40.4 Å². The maximum Gasteiger partial charge on any atom is 0.323 e. The number of ether oxygens (including phenoxy) is 1. The van der Waals surface area contributed by atoms with Crippen molar-refractivity contribution in [2.75, 3.05) is 30.3 Å². The predicted molar refractivity (Wildman–Crippen MR) is 147 cm³/mol. The molecule has 2 aromatic heterocycles. The number of nitrogens with one attached hydrogen (secondary N) is 4. The summed E-state index contributed by atoms with van der Waals surface area (Å²) in [5, 5.41) is 18.8. The van der Waals surface area contributed by atoms with Crippen molar-refractivity contribution in [3.63, 3.8) is 0 Å². The summed E-state index contributed by atoms with van der Waals surface area (Å²) in [5.41, 5.74) is 1.10. The Labute approximate surface area is 231 Å². The number of urea groups is 1. The number of fused-ring (bicyclic) bond motifs is 1. The number of nitrogens with zero attached hydrogens (tertiary/aromatic N) is 1. The van der Waals surface area contributed by atoms with E-state index in [9.17, 15) is 23.2 Å². The summed E-state index contributed by atoms with van der Waals surface area (Å²) < 4.78 is 35.1. The number of thiophene rings is 1. The Hall–Kier alpha value is -4.62. The highest BCUT2D eigenvalue weighted by atomic mass is 32.1. The topological polar surface area (TPSA) is 142 Å². The second kappa shape index (κ2) is 13.0. The van der Waals surface area contributed by atoms with Gasteiger partial charge >= 0.3 is 12.0 Å². The van der Waals surface area contributed by atoms with Crippen molar-refractivity contribution < 1.29 is 33.0 Å². The minimum absolute atomic E-state index is 0.0312. The molecule has 4 aromatic rings. The number of hydrogen-bond acceptors (Lipinski definition) is 7. The molecule has 3 amide bonds. The minimum atomic E-state index is -0.950. The average Bonchev–Trinajstić information content (AvgIpc) is 3.35. The first-order valence-electron chi connectivity index (χ1n) is 12.1. The van der Waals surface area contributed by atoms with Gasteiger partial charge in [0.1, 0.15) is 23.1 Å². The first kappa shape index (κ1) is 28.4. The van der Waals surface area contributed by atoms with Crippen LogP contribution in [-0.4, -0.2) is 47.6 Å². The molecule has 0 unspecified atom stereocenters. The quantitative estimate of drug-likeness (QED) is 0.158. The Kier molecular flexibility index (Phi) is 9.19. The molecule has 208 valence electrons. The van der Waals surface area contributed by atoms with Gasteiger partial charge in [-0.2, -0.15) is 0 Å². The maximum atomic E-state index is 14.8. The minimum Gasteiger partial charge on any atom is -0.480 e. The van der Waals surface area contributed by atoms with E-state index < -0.39 is 23.6 Å². The number of halogens is 2. The number of aryl methyl sites for hydroxylation is 1. The van der Waals surface area contributed by atoms with Crippen LogP contribution in [0.3, 0.4) is 0 Å². The molecule has 0 bridgehead atoms. The van der Waals surface area contributed by atoms with Gasteiger partial charge in [0.15, 0.2) is 0 Å². The number of carboxylic acids is 1. The highest BCUT2D eigenvalue weighted by Crippen LogP contribution is 2.35. The molecule has 2 heterocycles. The van der Waals surface area contributed by atoms with E-state index in [-0.39, 0.29) is 29.6 Å². The van der Waals surface area contributed by atoms with Crippen molar-refractivity contribution in [2.24, 2.45) is 0 Å². The van der Waals surface area contributed by atoms with E-state index >= 15 is 0 Å². The van der Waals surface area contributed by atoms with Gasteiger partial charge in [-0.3, -0.25) is 14.6 Å². The Morgan fingerprint density at radius 3 is 2.55 bits per heavy atom. The van der Waals surface area contributed by atoms with Gasteiger partial charge in [0.25, 0.3) is 5.91 Å². The summed E-state index contributed by atoms with van der Waals surface area (Å²) in [5.74, 6) is -2.14. The molecule has 0 saturated carbocycles. The second-order valence-corrected chi connectivity index (χ2v) is 9.67. The lowest BCUT2D eigenvalue weighted by atomic mass is 10.2. The SMILES string of the molecule is Cc1ccc(F)c(NC(=O)Nc2ccc(Oc3ccnc4cc(C(=O)NCCCNCC(=O)O)sc34)cc2F)c1. The molecule has 5 N–H and O–H groups in total. The molecule has 0 saturated heterocycles. The van der Waals surface area contributed by atoms with E-state index in [1.165, 1.54) is 30.5 Å². The molecule has 0 spiro atoms. The number of carbonyl (C=O) groups is 3. The Morgan fingerprint density at radius 1 is 0.975 bits per heavy atom. The van der Waals surface area contributed by atoms with Crippen LogP contribution in [0.4, 0.5) is 25.0 Å². The van der Waals surface area contributed by atoms with Crippen molar-refractivity contribution in [1.82, 2.24) is 15.6 Å². The van der Waals surface area contributed by atoms with Crippen molar-refractivity contribution >= 4 is 50.8 Å². The average molecular weight is 570 g/mol. The van der Waals surface area contributed by atoms with E-state index in [1.807, 2.05) is 0 Å². The van der Waals surface area contributed by atoms with Gasteiger partial charge in [-0.05, 0) is 55.8 Å². The first-order valence-corrected chi connectivity index (χ1v) is 12.9. The zero-order valence-corrected chi connectivity index (χ0v) is 22.0. The van der Waals surface area contributed by atoms with Gasteiger partial charge in [-0.1, -0.05) is 6.07 Å². The summed E-state index contributed by atoms with van der Waals surface area (Å²) in [7, 11) is 0. The summed E-state index contributed by atoms with van der Waals surface area (Å²) in [6.45, 7) is 2.40. The molecule has 0 aliphatic heterocycles. The second-order valence-electron chi connectivity index (χ2n) is 8.62. The van der Waals surface area contributed by atoms with E-state index in [4.69, 9.17) is 9.84 Å². The van der Waals surface area contributed by atoms with E-state index in [2.05, 4.69) is 26.3 Å². The third-order valence-corrected chi connectivity index (χ3v) is 6.62. The fourth-order valence-corrected chi connectivity index (χ4v) is 4.59. The van der Waals surface area contributed by atoms with Crippen LogP contribution in [0.15, 0.2) is 54.7 Å². The lowest BCUT2D eigenvalue weighted by Gasteiger charge is -2.11. The summed E-state index contributed by atoms with van der Waals surface area (Å²) in [6.07, 6.45) is 2.05. The number of anilines is 2. The highest BCUT2D eigenvalue weighted by Gasteiger charge is 2.16. The fourth-order valence-electron chi connectivity index (χ4n) is 3.60. The number of aromatic nitrogens is 1. The molecule has 4 rings (SSSR count). The number of carbonyl (C=O) groups excluding carboxylic acids is 2. The smallest absolute Gasteiger partial charge is 0.323 e. The maximum absolute atomic E-state index is 14.8.